The molecular formula is C21H17ClN4O2. The van der Waals surface area contributed by atoms with Gasteiger partial charge in [-0.25, -0.2) is 0 Å². The van der Waals surface area contributed by atoms with Gasteiger partial charge in [0.05, 0.1) is 17.1 Å². The highest BCUT2D eigenvalue weighted by molar-refractivity contribution is 6.33. The smallest absolute Gasteiger partial charge is 0.231 e. The van der Waals surface area contributed by atoms with Gasteiger partial charge in [-0.1, -0.05) is 47.1 Å². The van der Waals surface area contributed by atoms with Crippen molar-refractivity contribution in [3.63, 3.8) is 0 Å². The van der Waals surface area contributed by atoms with E-state index in [-0.39, 0.29) is 11.8 Å². The standard InChI is InChI=1S/C21H17ClN4O2/c22-16-6-2-4-8-18(16)26-12-14(10-20(26)27)21-24-19(28-25-21)9-13-11-23-17-7-3-1-5-15(13)17/h1-8,11,14,23H,9-10,12H2. The Morgan fingerprint density at radius 1 is 1.18 bits per heavy atom. The second kappa shape index (κ2) is 6.80. The van der Waals surface area contributed by atoms with Crippen LogP contribution < -0.4 is 4.90 Å². The van der Waals surface area contributed by atoms with Crippen molar-refractivity contribution >= 4 is 34.1 Å². The SMILES string of the molecule is O=C1CC(c2noc(Cc3c[nH]c4ccccc34)n2)CN1c1ccccc1Cl. The summed E-state index contributed by atoms with van der Waals surface area (Å²) in [4.78, 5) is 22.0. The van der Waals surface area contributed by atoms with Crippen molar-refractivity contribution in [1.82, 2.24) is 15.1 Å². The molecule has 7 heteroatoms. The summed E-state index contributed by atoms with van der Waals surface area (Å²) < 4.78 is 5.47. The lowest BCUT2D eigenvalue weighted by Crippen LogP contribution is -2.24. The number of amides is 1. The number of benzene rings is 2. The van der Waals surface area contributed by atoms with Crippen LogP contribution in [-0.2, 0) is 11.2 Å². The van der Waals surface area contributed by atoms with E-state index in [2.05, 4.69) is 21.2 Å². The van der Waals surface area contributed by atoms with E-state index in [1.807, 2.05) is 42.6 Å². The van der Waals surface area contributed by atoms with E-state index in [1.165, 1.54) is 0 Å². The molecule has 1 fully saturated rings. The maximum Gasteiger partial charge on any atom is 0.231 e. The maximum atomic E-state index is 12.5. The molecule has 2 aromatic carbocycles. The minimum atomic E-state index is -0.107. The fraction of sp³-hybridized carbons (Fsp3) is 0.190. The highest BCUT2D eigenvalue weighted by atomic mass is 35.5. The van der Waals surface area contributed by atoms with E-state index >= 15 is 0 Å². The van der Waals surface area contributed by atoms with E-state index in [0.717, 1.165) is 22.2 Å². The third kappa shape index (κ3) is 2.96. The monoisotopic (exact) mass is 392 g/mol. The normalized spacial score (nSPS) is 17.0. The summed E-state index contributed by atoms with van der Waals surface area (Å²) in [6, 6.07) is 15.4. The number of hydrogen-bond acceptors (Lipinski definition) is 4. The molecule has 1 amide bonds. The molecule has 1 aliphatic heterocycles. The Morgan fingerprint density at radius 2 is 2.00 bits per heavy atom. The van der Waals surface area contributed by atoms with Crippen LogP contribution in [0.25, 0.3) is 10.9 Å². The lowest BCUT2D eigenvalue weighted by atomic mass is 10.1. The summed E-state index contributed by atoms with van der Waals surface area (Å²) in [6.07, 6.45) is 2.86. The highest BCUT2D eigenvalue weighted by Gasteiger charge is 2.35. The van der Waals surface area contributed by atoms with Crippen molar-refractivity contribution in [3.8, 4) is 0 Å². The van der Waals surface area contributed by atoms with Crippen molar-refractivity contribution in [2.75, 3.05) is 11.4 Å². The largest absolute Gasteiger partial charge is 0.361 e. The Labute approximate surface area is 166 Å². The number of rotatable bonds is 4. The molecule has 0 radical (unpaired) electrons. The van der Waals surface area contributed by atoms with E-state index in [0.29, 0.717) is 36.1 Å². The molecular weight excluding hydrogens is 376 g/mol. The van der Waals surface area contributed by atoms with Crippen molar-refractivity contribution in [2.24, 2.45) is 0 Å². The molecule has 1 saturated heterocycles. The second-order valence-electron chi connectivity index (χ2n) is 6.94. The molecule has 28 heavy (non-hydrogen) atoms. The Hall–Kier alpha value is -3.12. The first-order valence-electron chi connectivity index (χ1n) is 9.11. The molecule has 2 aromatic heterocycles. The molecule has 6 nitrogen and oxygen atoms in total. The number of nitrogens with one attached hydrogen (secondary N) is 1. The van der Waals surface area contributed by atoms with Crippen molar-refractivity contribution in [3.05, 3.63) is 77.0 Å². The van der Waals surface area contributed by atoms with Crippen LogP contribution in [0.4, 0.5) is 5.69 Å². The number of carbonyl (C=O) groups excluding carboxylic acids is 1. The zero-order chi connectivity index (χ0) is 19.1. The molecule has 1 atom stereocenters. The van der Waals surface area contributed by atoms with Crippen LogP contribution >= 0.6 is 11.6 Å². The number of aromatic nitrogens is 3. The summed E-state index contributed by atoms with van der Waals surface area (Å²) in [5.74, 6) is 1.02. The summed E-state index contributed by atoms with van der Waals surface area (Å²) in [6.45, 7) is 0.495. The number of aromatic amines is 1. The third-order valence-corrected chi connectivity index (χ3v) is 5.45. The van der Waals surface area contributed by atoms with Crippen LogP contribution in [-0.4, -0.2) is 27.6 Å². The molecule has 5 rings (SSSR count). The first-order chi connectivity index (χ1) is 13.7. The molecule has 1 aliphatic rings. The zero-order valence-electron chi connectivity index (χ0n) is 14.9. The molecule has 140 valence electrons. The maximum absolute atomic E-state index is 12.5. The van der Waals surface area contributed by atoms with Gasteiger partial charge in [0.15, 0.2) is 5.82 Å². The number of anilines is 1. The van der Waals surface area contributed by atoms with Crippen molar-refractivity contribution in [2.45, 2.75) is 18.8 Å². The minimum absolute atomic E-state index is 0.0149. The van der Waals surface area contributed by atoms with Gasteiger partial charge in [-0.2, -0.15) is 4.98 Å². The number of fused-ring (bicyclic) bond motifs is 1. The first kappa shape index (κ1) is 17.0. The van der Waals surface area contributed by atoms with Crippen LogP contribution in [0.1, 0.15) is 29.6 Å². The van der Waals surface area contributed by atoms with E-state index < -0.39 is 0 Å². The van der Waals surface area contributed by atoms with Crippen LogP contribution in [0.2, 0.25) is 5.02 Å². The van der Waals surface area contributed by atoms with Crippen molar-refractivity contribution in [1.29, 1.82) is 0 Å². The number of nitrogens with zero attached hydrogens (tertiary/aromatic N) is 3. The first-order valence-corrected chi connectivity index (χ1v) is 9.49. The number of carbonyl (C=O) groups is 1. The third-order valence-electron chi connectivity index (χ3n) is 5.13. The number of para-hydroxylation sites is 2. The van der Waals surface area contributed by atoms with E-state index in [9.17, 15) is 4.79 Å². The van der Waals surface area contributed by atoms with Gasteiger partial charge in [0.25, 0.3) is 0 Å². The van der Waals surface area contributed by atoms with E-state index in [4.69, 9.17) is 16.1 Å². The van der Waals surface area contributed by atoms with Crippen molar-refractivity contribution < 1.29 is 9.32 Å². The Morgan fingerprint density at radius 3 is 2.89 bits per heavy atom. The molecule has 0 spiro atoms. The Balaban J connectivity index is 1.35. The van der Waals surface area contributed by atoms with Crippen LogP contribution in [0.15, 0.2) is 59.3 Å². The summed E-state index contributed by atoms with van der Waals surface area (Å²) >= 11 is 6.25. The van der Waals surface area contributed by atoms with Gasteiger partial charge in [0.2, 0.25) is 11.8 Å². The minimum Gasteiger partial charge on any atom is -0.361 e. The summed E-state index contributed by atoms with van der Waals surface area (Å²) in [5, 5.41) is 5.84. The van der Waals surface area contributed by atoms with Crippen LogP contribution in [0.5, 0.6) is 0 Å². The second-order valence-corrected chi connectivity index (χ2v) is 7.35. The average molecular weight is 393 g/mol. The molecule has 0 saturated carbocycles. The highest BCUT2D eigenvalue weighted by Crippen LogP contribution is 2.34. The van der Waals surface area contributed by atoms with Crippen LogP contribution in [0, 0.1) is 0 Å². The average Bonchev–Trinajstić information content (AvgIpc) is 3.42. The van der Waals surface area contributed by atoms with Gasteiger partial charge >= 0.3 is 0 Å². The Kier molecular flexibility index (Phi) is 4.13. The number of H-pyrrole nitrogens is 1. The van der Waals surface area contributed by atoms with Gasteiger partial charge in [0, 0.05) is 36.0 Å². The van der Waals surface area contributed by atoms with Gasteiger partial charge < -0.3 is 14.4 Å². The molecule has 4 aromatic rings. The predicted molar refractivity (Wildman–Crippen MR) is 107 cm³/mol. The van der Waals surface area contributed by atoms with Gasteiger partial charge in [0.1, 0.15) is 0 Å². The topological polar surface area (TPSA) is 75.0 Å². The molecule has 3 heterocycles. The molecule has 0 aliphatic carbocycles. The lowest BCUT2D eigenvalue weighted by Gasteiger charge is -2.17. The summed E-state index contributed by atoms with van der Waals surface area (Å²) in [5.41, 5.74) is 2.90. The predicted octanol–water partition coefficient (Wildman–Crippen LogP) is 4.32. The molecule has 0 bridgehead atoms. The molecule has 1 unspecified atom stereocenters. The van der Waals surface area contributed by atoms with Crippen LogP contribution in [0.3, 0.4) is 0 Å². The fourth-order valence-electron chi connectivity index (χ4n) is 3.73. The van der Waals surface area contributed by atoms with Gasteiger partial charge in [-0.05, 0) is 23.8 Å². The number of hydrogen-bond donors (Lipinski definition) is 1. The molecule has 1 N–H and O–H groups in total. The zero-order valence-corrected chi connectivity index (χ0v) is 15.7. The van der Waals surface area contributed by atoms with Gasteiger partial charge in [-0.15, -0.1) is 0 Å². The van der Waals surface area contributed by atoms with Gasteiger partial charge in [-0.3, -0.25) is 4.79 Å². The number of halogens is 1. The summed E-state index contributed by atoms with van der Waals surface area (Å²) in [7, 11) is 0. The van der Waals surface area contributed by atoms with E-state index in [1.54, 1.807) is 11.0 Å². The lowest BCUT2D eigenvalue weighted by molar-refractivity contribution is -0.117. The fourth-order valence-corrected chi connectivity index (χ4v) is 3.97. The Bertz CT molecular complexity index is 1170. The quantitative estimate of drug-likeness (QED) is 0.561.